The zero-order chi connectivity index (χ0) is 19.2. The van der Waals surface area contributed by atoms with Crippen LogP contribution in [0.2, 0.25) is 0 Å². The van der Waals surface area contributed by atoms with Gasteiger partial charge in [0.1, 0.15) is 6.04 Å². The molecular weight excluding hydrogens is 344 g/mol. The second kappa shape index (κ2) is 8.35. The van der Waals surface area contributed by atoms with E-state index in [1.807, 2.05) is 43.6 Å². The van der Waals surface area contributed by atoms with Crippen LogP contribution >= 0.6 is 0 Å². The highest BCUT2D eigenvalue weighted by Crippen LogP contribution is 2.10. The molecule has 2 amide bonds. The Balaban J connectivity index is 1.74. The molecule has 0 saturated heterocycles. The van der Waals surface area contributed by atoms with Crippen LogP contribution in [-0.2, 0) is 24.8 Å². The lowest BCUT2D eigenvalue weighted by atomic mass is 10.0. The van der Waals surface area contributed by atoms with Gasteiger partial charge in [0.05, 0.1) is 12.5 Å². The van der Waals surface area contributed by atoms with Crippen LogP contribution < -0.4 is 5.32 Å². The number of hydrogen-bond acceptors (Lipinski definition) is 4. The molecule has 0 aliphatic rings. The van der Waals surface area contributed by atoms with Crippen LogP contribution in [0.15, 0.2) is 65.5 Å². The number of benzene rings is 1. The maximum Gasteiger partial charge on any atom is 0.287 e. The molecule has 7 heteroatoms. The first-order valence-corrected chi connectivity index (χ1v) is 8.63. The highest BCUT2D eigenvalue weighted by molar-refractivity contribution is 5.95. The lowest BCUT2D eigenvalue weighted by Crippen LogP contribution is -2.48. The summed E-state index contributed by atoms with van der Waals surface area (Å²) in [4.78, 5) is 27.0. The minimum Gasteiger partial charge on any atom is -0.459 e. The minimum absolute atomic E-state index is 0.177. The number of rotatable bonds is 7. The van der Waals surface area contributed by atoms with E-state index in [0.717, 1.165) is 11.1 Å². The molecule has 1 aromatic carbocycles. The van der Waals surface area contributed by atoms with Crippen molar-refractivity contribution >= 4 is 11.8 Å². The molecule has 3 rings (SSSR count). The Morgan fingerprint density at radius 1 is 1.19 bits per heavy atom. The lowest BCUT2D eigenvalue weighted by Gasteiger charge is -2.24. The molecule has 0 aliphatic carbocycles. The van der Waals surface area contributed by atoms with E-state index < -0.39 is 11.9 Å². The second-order valence-electron chi connectivity index (χ2n) is 6.41. The fraction of sp³-hybridized carbons (Fsp3) is 0.250. The summed E-state index contributed by atoms with van der Waals surface area (Å²) in [5.41, 5.74) is 1.88. The van der Waals surface area contributed by atoms with E-state index in [1.54, 1.807) is 35.0 Å². The molecule has 0 bridgehead atoms. The van der Waals surface area contributed by atoms with Crippen molar-refractivity contribution in [1.29, 1.82) is 0 Å². The number of furan rings is 1. The summed E-state index contributed by atoms with van der Waals surface area (Å²) in [5, 5.41) is 6.92. The maximum atomic E-state index is 13.0. The van der Waals surface area contributed by atoms with Gasteiger partial charge in [-0.05, 0) is 17.7 Å². The van der Waals surface area contributed by atoms with Crippen LogP contribution in [0.1, 0.15) is 21.7 Å². The van der Waals surface area contributed by atoms with E-state index in [4.69, 9.17) is 4.42 Å². The molecule has 1 atom stereocenters. The van der Waals surface area contributed by atoms with Gasteiger partial charge in [-0.15, -0.1) is 0 Å². The van der Waals surface area contributed by atoms with Gasteiger partial charge in [0, 0.05) is 38.8 Å². The number of carbonyl (C=O) groups is 2. The molecule has 3 aromatic rings. The quantitative estimate of drug-likeness (QED) is 0.694. The predicted octanol–water partition coefficient (Wildman–Crippen LogP) is 2.01. The van der Waals surface area contributed by atoms with Crippen molar-refractivity contribution in [3.05, 3.63) is 78.0 Å². The van der Waals surface area contributed by atoms with E-state index in [1.165, 1.54) is 6.26 Å². The van der Waals surface area contributed by atoms with E-state index in [9.17, 15) is 9.59 Å². The Kier molecular flexibility index (Phi) is 5.71. The molecule has 1 unspecified atom stereocenters. The largest absolute Gasteiger partial charge is 0.459 e. The smallest absolute Gasteiger partial charge is 0.287 e. The number of carbonyl (C=O) groups excluding carboxylic acids is 2. The summed E-state index contributed by atoms with van der Waals surface area (Å²) in [6.07, 6.45) is 5.40. The highest BCUT2D eigenvalue weighted by Gasteiger charge is 2.26. The molecule has 2 aromatic heterocycles. The van der Waals surface area contributed by atoms with Gasteiger partial charge in [0.2, 0.25) is 5.91 Å². The standard InChI is InChI=1S/C20H22N4O3/c1-23(13-16-12-21-24(2)14-16)20(26)17(11-15-7-4-3-5-8-15)22-19(25)18-9-6-10-27-18/h3-10,12,14,17H,11,13H2,1-2H3,(H,22,25). The molecule has 0 spiro atoms. The second-order valence-corrected chi connectivity index (χ2v) is 6.41. The van der Waals surface area contributed by atoms with Gasteiger partial charge in [0.15, 0.2) is 5.76 Å². The average Bonchev–Trinajstić information content (AvgIpc) is 3.33. The fourth-order valence-electron chi connectivity index (χ4n) is 2.86. The highest BCUT2D eigenvalue weighted by atomic mass is 16.3. The predicted molar refractivity (Wildman–Crippen MR) is 99.8 cm³/mol. The molecule has 0 fully saturated rings. The molecule has 7 nitrogen and oxygen atoms in total. The van der Waals surface area contributed by atoms with Crippen LogP contribution in [0.25, 0.3) is 0 Å². The number of hydrogen-bond donors (Lipinski definition) is 1. The first-order chi connectivity index (χ1) is 13.0. The maximum absolute atomic E-state index is 13.0. The van der Waals surface area contributed by atoms with Crippen molar-refractivity contribution in [3.63, 3.8) is 0 Å². The minimum atomic E-state index is -0.702. The summed E-state index contributed by atoms with van der Waals surface area (Å²) in [6, 6.07) is 12.1. The molecule has 27 heavy (non-hydrogen) atoms. The Labute approximate surface area is 157 Å². The van der Waals surface area contributed by atoms with Crippen LogP contribution in [0.3, 0.4) is 0 Å². The van der Waals surface area contributed by atoms with Gasteiger partial charge in [0.25, 0.3) is 5.91 Å². The molecular formula is C20H22N4O3. The van der Waals surface area contributed by atoms with Gasteiger partial charge in [-0.25, -0.2) is 0 Å². The van der Waals surface area contributed by atoms with Crippen LogP contribution in [0.5, 0.6) is 0 Å². The zero-order valence-corrected chi connectivity index (χ0v) is 15.3. The van der Waals surface area contributed by atoms with E-state index in [-0.39, 0.29) is 11.7 Å². The van der Waals surface area contributed by atoms with Crippen molar-refractivity contribution in [2.75, 3.05) is 7.05 Å². The molecule has 1 N–H and O–H groups in total. The summed E-state index contributed by atoms with van der Waals surface area (Å²) < 4.78 is 6.83. The summed E-state index contributed by atoms with van der Waals surface area (Å²) in [6.45, 7) is 0.411. The number of aromatic nitrogens is 2. The van der Waals surface area contributed by atoms with Gasteiger partial charge in [-0.1, -0.05) is 30.3 Å². The number of aryl methyl sites for hydroxylation is 1. The van der Waals surface area contributed by atoms with Gasteiger partial charge in [-0.2, -0.15) is 5.10 Å². The van der Waals surface area contributed by atoms with E-state index in [2.05, 4.69) is 10.4 Å². The monoisotopic (exact) mass is 366 g/mol. The van der Waals surface area contributed by atoms with Crippen molar-refractivity contribution in [1.82, 2.24) is 20.0 Å². The van der Waals surface area contributed by atoms with Crippen LogP contribution in [0.4, 0.5) is 0 Å². The molecule has 0 aliphatic heterocycles. The van der Waals surface area contributed by atoms with Crippen molar-refractivity contribution in [2.24, 2.45) is 7.05 Å². The summed E-state index contributed by atoms with van der Waals surface area (Å²) in [5.74, 6) is -0.414. The third-order valence-electron chi connectivity index (χ3n) is 4.19. The Hall–Kier alpha value is -3.35. The Morgan fingerprint density at radius 2 is 1.96 bits per heavy atom. The first-order valence-electron chi connectivity index (χ1n) is 8.63. The topological polar surface area (TPSA) is 80.4 Å². The molecule has 2 heterocycles. The summed E-state index contributed by atoms with van der Waals surface area (Å²) in [7, 11) is 3.54. The average molecular weight is 366 g/mol. The Bertz CT molecular complexity index is 887. The van der Waals surface area contributed by atoms with Gasteiger partial charge < -0.3 is 14.6 Å². The third kappa shape index (κ3) is 4.84. The normalized spacial score (nSPS) is 11.8. The molecule has 140 valence electrons. The van der Waals surface area contributed by atoms with Crippen molar-refractivity contribution in [2.45, 2.75) is 19.0 Å². The number of nitrogens with zero attached hydrogens (tertiary/aromatic N) is 3. The third-order valence-corrected chi connectivity index (χ3v) is 4.19. The molecule has 0 radical (unpaired) electrons. The van der Waals surface area contributed by atoms with Crippen molar-refractivity contribution in [3.8, 4) is 0 Å². The van der Waals surface area contributed by atoms with E-state index in [0.29, 0.717) is 13.0 Å². The van der Waals surface area contributed by atoms with Crippen LogP contribution in [-0.4, -0.2) is 39.6 Å². The first kappa shape index (κ1) is 18.4. The van der Waals surface area contributed by atoms with Crippen molar-refractivity contribution < 1.29 is 14.0 Å². The number of nitrogens with one attached hydrogen (secondary N) is 1. The van der Waals surface area contributed by atoms with Gasteiger partial charge in [-0.3, -0.25) is 14.3 Å². The number of amides is 2. The SMILES string of the molecule is CN(Cc1cnn(C)c1)C(=O)C(Cc1ccccc1)NC(=O)c1ccco1. The summed E-state index contributed by atoms with van der Waals surface area (Å²) >= 11 is 0. The number of likely N-dealkylation sites (N-methyl/N-ethyl adjacent to an activating group) is 1. The Morgan fingerprint density at radius 3 is 2.59 bits per heavy atom. The van der Waals surface area contributed by atoms with Crippen LogP contribution in [0, 0.1) is 0 Å². The lowest BCUT2D eigenvalue weighted by molar-refractivity contribution is -0.132. The molecule has 0 saturated carbocycles. The van der Waals surface area contributed by atoms with Gasteiger partial charge >= 0.3 is 0 Å². The zero-order valence-electron chi connectivity index (χ0n) is 15.3. The van der Waals surface area contributed by atoms with E-state index >= 15 is 0 Å². The fourth-order valence-corrected chi connectivity index (χ4v) is 2.86.